The maximum absolute atomic E-state index is 12.2. The number of hydrogen-bond acceptors (Lipinski definition) is 2. The Morgan fingerprint density at radius 3 is 2.00 bits per heavy atom. The van der Waals surface area contributed by atoms with E-state index in [2.05, 4.69) is 0 Å². The van der Waals surface area contributed by atoms with Gasteiger partial charge in [-0.15, -0.1) is 0 Å². The van der Waals surface area contributed by atoms with Gasteiger partial charge in [0.15, 0.2) is 12.9 Å². The van der Waals surface area contributed by atoms with Crippen molar-refractivity contribution >= 4 is 12.9 Å². The zero-order chi connectivity index (χ0) is 11.3. The van der Waals surface area contributed by atoms with Crippen molar-refractivity contribution in [2.75, 3.05) is 13.3 Å². The van der Waals surface area contributed by atoms with Gasteiger partial charge in [-0.1, -0.05) is 13.8 Å². The summed E-state index contributed by atoms with van der Waals surface area (Å²) in [5, 5.41) is 11.3. The van der Waals surface area contributed by atoms with Crippen molar-refractivity contribution in [1.82, 2.24) is 0 Å². The fraction of sp³-hybridized carbons (Fsp3) is 0.900. The Labute approximate surface area is 86.2 Å². The van der Waals surface area contributed by atoms with Gasteiger partial charge < -0.3 is 9.77 Å². The van der Waals surface area contributed by atoms with E-state index in [0.717, 1.165) is 10.5 Å². The quantitative estimate of drug-likeness (QED) is 0.385. The Hall–Kier alpha value is -0.300. The molecule has 3 unspecified atom stereocenters. The van der Waals surface area contributed by atoms with Crippen LogP contribution >= 0.6 is 7.14 Å². The predicted molar refractivity (Wildman–Crippen MR) is 60.5 cm³/mol. The molecular weight excluding hydrogens is 197 g/mol. The van der Waals surface area contributed by atoms with Gasteiger partial charge >= 0.3 is 0 Å². The highest BCUT2D eigenvalue weighted by Crippen LogP contribution is 2.59. The standard InChI is InChI=1S/C10H20NO2P/c1-7-8(2)10(4,14(5,6)13)11(12)9(7)3/h7-8H,1-6H3. The Morgan fingerprint density at radius 1 is 1.43 bits per heavy atom. The Kier molecular flexibility index (Phi) is 2.60. The molecule has 0 aromatic carbocycles. The summed E-state index contributed by atoms with van der Waals surface area (Å²) in [6.07, 6.45) is 0. The number of hydrogen-bond donors (Lipinski definition) is 0. The average Bonchev–Trinajstić information content (AvgIpc) is 2.21. The third kappa shape index (κ3) is 1.25. The van der Waals surface area contributed by atoms with Crippen LogP contribution in [0.5, 0.6) is 0 Å². The fourth-order valence-electron chi connectivity index (χ4n) is 2.27. The highest BCUT2D eigenvalue weighted by atomic mass is 31.2. The first-order valence-corrected chi connectivity index (χ1v) is 7.60. The van der Waals surface area contributed by atoms with Crippen molar-refractivity contribution in [2.45, 2.75) is 33.0 Å². The second-order valence-corrected chi connectivity index (χ2v) is 8.57. The molecule has 3 nitrogen and oxygen atoms in total. The van der Waals surface area contributed by atoms with Crippen LogP contribution in [0.4, 0.5) is 0 Å². The molecule has 1 aliphatic rings. The van der Waals surface area contributed by atoms with Gasteiger partial charge in [0.05, 0.1) is 0 Å². The van der Waals surface area contributed by atoms with E-state index in [1.165, 1.54) is 0 Å². The van der Waals surface area contributed by atoms with E-state index in [9.17, 15) is 9.77 Å². The molecule has 0 fully saturated rings. The van der Waals surface area contributed by atoms with Gasteiger partial charge in [0.1, 0.15) is 0 Å². The molecule has 3 atom stereocenters. The zero-order valence-electron chi connectivity index (χ0n) is 9.87. The van der Waals surface area contributed by atoms with Crippen molar-refractivity contribution in [3.05, 3.63) is 5.21 Å². The van der Waals surface area contributed by atoms with Crippen molar-refractivity contribution in [3.8, 4) is 0 Å². The average molecular weight is 217 g/mol. The van der Waals surface area contributed by atoms with E-state index < -0.39 is 12.4 Å². The normalized spacial score (nSPS) is 39.3. The summed E-state index contributed by atoms with van der Waals surface area (Å²) in [7, 11) is -2.42. The molecule has 0 spiro atoms. The maximum atomic E-state index is 12.2. The SMILES string of the molecule is CC1=[N+]([O-])C(C)(P(C)(C)=O)C(C)C1C. The zero-order valence-corrected chi connectivity index (χ0v) is 10.8. The lowest BCUT2D eigenvalue weighted by Crippen LogP contribution is -2.38. The van der Waals surface area contributed by atoms with E-state index in [-0.39, 0.29) is 11.8 Å². The fourth-order valence-corrected chi connectivity index (χ4v) is 4.07. The van der Waals surface area contributed by atoms with E-state index in [4.69, 9.17) is 0 Å². The molecule has 0 bridgehead atoms. The Bertz CT molecular complexity index is 331. The third-order valence-electron chi connectivity index (χ3n) is 4.09. The second-order valence-electron chi connectivity index (χ2n) is 4.96. The van der Waals surface area contributed by atoms with Crippen molar-refractivity contribution < 1.29 is 9.30 Å². The van der Waals surface area contributed by atoms with Gasteiger partial charge in [-0.25, -0.2) is 4.74 Å². The molecule has 14 heavy (non-hydrogen) atoms. The van der Waals surface area contributed by atoms with Gasteiger partial charge in [0.25, 0.3) is 0 Å². The summed E-state index contributed by atoms with van der Waals surface area (Å²) < 4.78 is 13.2. The van der Waals surface area contributed by atoms with Crippen molar-refractivity contribution in [2.24, 2.45) is 11.8 Å². The lowest BCUT2D eigenvalue weighted by molar-refractivity contribution is -0.514. The van der Waals surface area contributed by atoms with Crippen LogP contribution in [0.15, 0.2) is 0 Å². The first-order chi connectivity index (χ1) is 6.14. The van der Waals surface area contributed by atoms with Crippen LogP contribution in [0, 0.1) is 17.0 Å². The monoisotopic (exact) mass is 217 g/mol. The van der Waals surface area contributed by atoms with Gasteiger partial charge in [-0.2, -0.15) is 0 Å². The minimum Gasteiger partial charge on any atom is -0.623 e. The minimum atomic E-state index is -2.42. The smallest absolute Gasteiger partial charge is 0.222 e. The van der Waals surface area contributed by atoms with Crippen LogP contribution in [0.25, 0.3) is 0 Å². The maximum Gasteiger partial charge on any atom is 0.222 e. The number of nitrogens with zero attached hydrogens (tertiary/aromatic N) is 1. The minimum absolute atomic E-state index is 0.154. The highest BCUT2D eigenvalue weighted by Gasteiger charge is 2.57. The van der Waals surface area contributed by atoms with Gasteiger partial charge in [-0.05, 0) is 13.3 Å². The molecule has 0 aliphatic carbocycles. The third-order valence-corrected chi connectivity index (χ3v) is 6.86. The first-order valence-electron chi connectivity index (χ1n) is 5.00. The molecular formula is C10H20NO2P. The molecule has 0 aromatic heterocycles. The summed E-state index contributed by atoms with van der Waals surface area (Å²) in [6.45, 7) is 11.1. The van der Waals surface area contributed by atoms with Crippen molar-refractivity contribution in [3.63, 3.8) is 0 Å². The molecule has 1 rings (SSSR count). The first kappa shape index (κ1) is 11.8. The van der Waals surface area contributed by atoms with Gasteiger partial charge in [0, 0.05) is 25.7 Å². The number of rotatable bonds is 1. The van der Waals surface area contributed by atoms with Crippen molar-refractivity contribution in [1.29, 1.82) is 0 Å². The van der Waals surface area contributed by atoms with Crippen LogP contribution < -0.4 is 0 Å². The largest absolute Gasteiger partial charge is 0.623 e. The molecule has 1 heterocycles. The number of hydroxylamine groups is 1. The van der Waals surface area contributed by atoms with Crippen LogP contribution in [-0.4, -0.2) is 29.1 Å². The van der Waals surface area contributed by atoms with Gasteiger partial charge in [-0.3, -0.25) is 0 Å². The van der Waals surface area contributed by atoms with E-state index in [1.807, 2.05) is 27.7 Å². The molecule has 1 aliphatic heterocycles. The summed E-state index contributed by atoms with van der Waals surface area (Å²) in [5.41, 5.74) is 0.809. The van der Waals surface area contributed by atoms with Crippen LogP contribution in [0.2, 0.25) is 0 Å². The molecule has 0 N–H and O–H groups in total. The molecule has 0 saturated carbocycles. The van der Waals surface area contributed by atoms with E-state index >= 15 is 0 Å². The van der Waals surface area contributed by atoms with E-state index in [0.29, 0.717) is 0 Å². The molecule has 4 heteroatoms. The Morgan fingerprint density at radius 2 is 1.86 bits per heavy atom. The molecule has 0 amide bonds. The summed E-state index contributed by atoms with van der Waals surface area (Å²) >= 11 is 0. The Balaban J connectivity index is 3.33. The van der Waals surface area contributed by atoms with Gasteiger partial charge in [0.2, 0.25) is 5.28 Å². The summed E-state index contributed by atoms with van der Waals surface area (Å²) in [6, 6.07) is 0. The topological polar surface area (TPSA) is 43.1 Å². The van der Waals surface area contributed by atoms with E-state index in [1.54, 1.807) is 13.3 Å². The lowest BCUT2D eigenvalue weighted by atomic mass is 9.91. The predicted octanol–water partition coefficient (Wildman–Crippen LogP) is 2.58. The molecule has 0 aromatic rings. The highest BCUT2D eigenvalue weighted by molar-refractivity contribution is 7.63. The molecule has 0 saturated heterocycles. The molecule has 0 radical (unpaired) electrons. The van der Waals surface area contributed by atoms with Crippen LogP contribution in [-0.2, 0) is 4.57 Å². The van der Waals surface area contributed by atoms with Crippen LogP contribution in [0.1, 0.15) is 27.7 Å². The van der Waals surface area contributed by atoms with Crippen LogP contribution in [0.3, 0.4) is 0 Å². The summed E-state index contributed by atoms with van der Waals surface area (Å²) in [4.78, 5) is 0. The summed E-state index contributed by atoms with van der Waals surface area (Å²) in [5.74, 6) is 0.381. The molecule has 82 valence electrons. The second kappa shape index (κ2) is 3.10. The lowest BCUT2D eigenvalue weighted by Gasteiger charge is -2.32.